The number of benzene rings is 1. The minimum absolute atomic E-state index is 0.156. The van der Waals surface area contributed by atoms with Crippen LogP contribution in [0.5, 0.6) is 5.75 Å². The summed E-state index contributed by atoms with van der Waals surface area (Å²) in [6.45, 7) is 3.25. The largest absolute Gasteiger partial charge is 0.496 e. The molecule has 1 heterocycles. The van der Waals surface area contributed by atoms with Gasteiger partial charge in [-0.3, -0.25) is 9.69 Å². The third-order valence-corrected chi connectivity index (χ3v) is 4.57. The highest BCUT2D eigenvalue weighted by atomic mass is 79.9. The van der Waals surface area contributed by atoms with Gasteiger partial charge in [0.2, 0.25) is 0 Å². The van der Waals surface area contributed by atoms with Gasteiger partial charge in [-0.2, -0.15) is 0 Å². The van der Waals surface area contributed by atoms with E-state index in [0.29, 0.717) is 12.5 Å². The van der Waals surface area contributed by atoms with Gasteiger partial charge in [0.15, 0.2) is 5.78 Å². The van der Waals surface area contributed by atoms with Gasteiger partial charge >= 0.3 is 0 Å². The lowest BCUT2D eigenvalue weighted by molar-refractivity contribution is 0.0809. The fourth-order valence-electron chi connectivity index (χ4n) is 2.68. The Kier molecular flexibility index (Phi) is 6.21. The first-order chi connectivity index (χ1) is 10.1. The van der Waals surface area contributed by atoms with Gasteiger partial charge in [0.1, 0.15) is 5.75 Å². The average molecular weight is 356 g/mol. The maximum Gasteiger partial charge on any atom is 0.176 e. The van der Waals surface area contributed by atoms with Crippen LogP contribution in [-0.4, -0.2) is 51.1 Å². The molecule has 1 aromatic carbocycles. The van der Waals surface area contributed by atoms with Crippen LogP contribution in [0, 0.1) is 5.92 Å². The molecular weight excluding hydrogens is 334 g/mol. The number of hydrogen-bond acceptors (Lipinski definition) is 4. The molecule has 1 saturated heterocycles. The molecule has 0 N–H and O–H groups in total. The predicted octanol–water partition coefficient (Wildman–Crippen LogP) is 3.00. The van der Waals surface area contributed by atoms with Gasteiger partial charge in [-0.05, 0) is 66.0 Å². The summed E-state index contributed by atoms with van der Waals surface area (Å²) in [5, 5.41) is 0. The zero-order valence-corrected chi connectivity index (χ0v) is 14.2. The first kappa shape index (κ1) is 16.5. The Morgan fingerprint density at radius 2 is 2.05 bits per heavy atom. The van der Waals surface area contributed by atoms with Crippen molar-refractivity contribution in [2.45, 2.75) is 12.8 Å². The molecule has 2 rings (SSSR count). The summed E-state index contributed by atoms with van der Waals surface area (Å²) in [4.78, 5) is 14.6. The van der Waals surface area contributed by atoms with E-state index in [1.165, 1.54) is 0 Å². The molecule has 0 unspecified atom stereocenters. The normalized spacial score (nSPS) is 16.9. The van der Waals surface area contributed by atoms with Crippen molar-refractivity contribution in [2.75, 3.05) is 40.5 Å². The number of Topliss-reactive ketones (excluding diaryl/α,β-unsaturated/α-hetero) is 1. The Labute approximate surface area is 134 Å². The molecule has 0 aliphatic carbocycles. The van der Waals surface area contributed by atoms with Gasteiger partial charge in [0.05, 0.1) is 18.1 Å². The van der Waals surface area contributed by atoms with Crippen LogP contribution in [-0.2, 0) is 4.74 Å². The van der Waals surface area contributed by atoms with E-state index in [1.54, 1.807) is 14.2 Å². The summed E-state index contributed by atoms with van der Waals surface area (Å²) in [7, 11) is 3.36. The molecule has 4 nitrogen and oxygen atoms in total. The van der Waals surface area contributed by atoms with Crippen LogP contribution >= 0.6 is 15.9 Å². The molecule has 0 atom stereocenters. The Bertz CT molecular complexity index is 484. The van der Waals surface area contributed by atoms with E-state index in [2.05, 4.69) is 20.8 Å². The third-order valence-electron chi connectivity index (χ3n) is 3.95. The number of carbonyl (C=O) groups is 1. The quantitative estimate of drug-likeness (QED) is 0.735. The number of ketones is 1. The van der Waals surface area contributed by atoms with Gasteiger partial charge in [0.25, 0.3) is 0 Å². The highest BCUT2D eigenvalue weighted by Crippen LogP contribution is 2.26. The first-order valence-corrected chi connectivity index (χ1v) is 8.01. The number of nitrogens with zero attached hydrogens (tertiary/aromatic N) is 1. The lowest BCUT2D eigenvalue weighted by Gasteiger charge is -2.31. The summed E-state index contributed by atoms with van der Waals surface area (Å²) in [5.74, 6) is 1.53. The Morgan fingerprint density at radius 3 is 2.62 bits per heavy atom. The van der Waals surface area contributed by atoms with Gasteiger partial charge < -0.3 is 9.47 Å². The third kappa shape index (κ3) is 4.53. The van der Waals surface area contributed by atoms with Gasteiger partial charge in [0, 0.05) is 19.3 Å². The number of methoxy groups -OCH3 is 2. The predicted molar refractivity (Wildman–Crippen MR) is 86.1 cm³/mol. The fourth-order valence-corrected chi connectivity index (χ4v) is 3.22. The summed E-state index contributed by atoms with van der Waals surface area (Å²) in [6.07, 6.45) is 2.21. The van der Waals surface area contributed by atoms with Crippen molar-refractivity contribution in [3.63, 3.8) is 0 Å². The second-order valence-corrected chi connectivity index (χ2v) is 6.30. The van der Waals surface area contributed by atoms with Crippen molar-refractivity contribution < 1.29 is 14.3 Å². The molecule has 0 radical (unpaired) electrons. The Hall–Kier alpha value is -0.910. The van der Waals surface area contributed by atoms with Crippen LogP contribution in [0.15, 0.2) is 22.7 Å². The van der Waals surface area contributed by atoms with Crippen molar-refractivity contribution >= 4 is 21.7 Å². The van der Waals surface area contributed by atoms with E-state index in [0.717, 1.165) is 48.3 Å². The monoisotopic (exact) mass is 355 g/mol. The van der Waals surface area contributed by atoms with E-state index >= 15 is 0 Å². The highest BCUT2D eigenvalue weighted by Gasteiger charge is 2.21. The SMILES string of the molecule is COCC1CCN(CC(=O)c2ccc(OC)c(Br)c2)CC1. The molecule has 0 saturated carbocycles. The van der Waals surface area contributed by atoms with Gasteiger partial charge in [-0.1, -0.05) is 0 Å². The van der Waals surface area contributed by atoms with Crippen molar-refractivity contribution in [1.29, 1.82) is 0 Å². The summed E-state index contributed by atoms with van der Waals surface area (Å²) in [6, 6.07) is 5.48. The van der Waals surface area contributed by atoms with E-state index in [9.17, 15) is 4.79 Å². The lowest BCUT2D eigenvalue weighted by atomic mass is 9.97. The zero-order valence-electron chi connectivity index (χ0n) is 12.6. The van der Waals surface area contributed by atoms with Crippen LogP contribution in [0.3, 0.4) is 0 Å². The Balaban J connectivity index is 1.89. The molecule has 1 aliphatic heterocycles. The molecule has 5 heteroatoms. The number of carbonyl (C=O) groups excluding carboxylic acids is 1. The first-order valence-electron chi connectivity index (χ1n) is 7.22. The summed E-state index contributed by atoms with van der Waals surface area (Å²) < 4.78 is 11.2. The number of halogens is 1. The van der Waals surface area contributed by atoms with Gasteiger partial charge in [-0.25, -0.2) is 0 Å². The van der Waals surface area contributed by atoms with Crippen molar-refractivity contribution in [1.82, 2.24) is 4.90 Å². The minimum Gasteiger partial charge on any atom is -0.496 e. The van der Waals surface area contributed by atoms with E-state index < -0.39 is 0 Å². The molecule has 0 aromatic heterocycles. The summed E-state index contributed by atoms with van der Waals surface area (Å²) >= 11 is 3.42. The van der Waals surface area contributed by atoms with Gasteiger partial charge in [-0.15, -0.1) is 0 Å². The molecule has 0 amide bonds. The van der Waals surface area contributed by atoms with Crippen LogP contribution in [0.25, 0.3) is 0 Å². The van der Waals surface area contributed by atoms with Crippen molar-refractivity contribution in [3.8, 4) is 5.75 Å². The fraction of sp³-hybridized carbons (Fsp3) is 0.562. The van der Waals surface area contributed by atoms with E-state index in [4.69, 9.17) is 9.47 Å². The van der Waals surface area contributed by atoms with Crippen LogP contribution < -0.4 is 4.74 Å². The number of piperidine rings is 1. The van der Waals surface area contributed by atoms with Crippen molar-refractivity contribution in [3.05, 3.63) is 28.2 Å². The minimum atomic E-state index is 0.156. The smallest absolute Gasteiger partial charge is 0.176 e. The molecule has 1 aromatic rings. The molecule has 116 valence electrons. The number of rotatable bonds is 6. The maximum atomic E-state index is 12.3. The molecular formula is C16H22BrNO3. The molecule has 0 spiro atoms. The second kappa shape index (κ2) is 7.92. The standard InChI is InChI=1S/C16H22BrNO3/c1-20-11-12-5-7-18(8-6-12)10-15(19)13-3-4-16(21-2)14(17)9-13/h3-4,9,12H,5-8,10-11H2,1-2H3. The van der Waals surface area contributed by atoms with Crippen molar-refractivity contribution in [2.24, 2.45) is 5.92 Å². The molecule has 21 heavy (non-hydrogen) atoms. The van der Waals surface area contributed by atoms with E-state index in [1.807, 2.05) is 18.2 Å². The highest BCUT2D eigenvalue weighted by molar-refractivity contribution is 9.10. The number of ether oxygens (including phenoxy) is 2. The molecule has 1 fully saturated rings. The van der Waals surface area contributed by atoms with Crippen LogP contribution in [0.2, 0.25) is 0 Å². The topological polar surface area (TPSA) is 38.8 Å². The molecule has 1 aliphatic rings. The Morgan fingerprint density at radius 1 is 1.33 bits per heavy atom. The summed E-state index contributed by atoms with van der Waals surface area (Å²) in [5.41, 5.74) is 0.724. The average Bonchev–Trinajstić information content (AvgIpc) is 2.49. The van der Waals surface area contributed by atoms with Crippen LogP contribution in [0.4, 0.5) is 0 Å². The second-order valence-electron chi connectivity index (χ2n) is 5.45. The number of likely N-dealkylation sites (tertiary alicyclic amines) is 1. The zero-order chi connectivity index (χ0) is 15.2. The maximum absolute atomic E-state index is 12.3. The lowest BCUT2D eigenvalue weighted by Crippen LogP contribution is -2.38. The number of hydrogen-bond donors (Lipinski definition) is 0. The van der Waals surface area contributed by atoms with E-state index in [-0.39, 0.29) is 5.78 Å². The molecule has 0 bridgehead atoms. The van der Waals surface area contributed by atoms with Crippen LogP contribution in [0.1, 0.15) is 23.2 Å².